The molecule has 0 bridgehead atoms. The number of thiocyanates is 1. The number of aromatic nitrogens is 1. The first-order chi connectivity index (χ1) is 11.7. The first-order valence-corrected chi connectivity index (χ1v) is 9.08. The number of thiazole rings is 1. The zero-order chi connectivity index (χ0) is 16.9. The number of fused-ring (bicyclic) bond motifs is 1. The monoisotopic (exact) mass is 364 g/mol. The summed E-state index contributed by atoms with van der Waals surface area (Å²) in [6.45, 7) is 4.04. The minimum absolute atomic E-state index is 0.370. The number of nitrogens with zero attached hydrogens (tertiary/aromatic N) is 4. The lowest BCUT2D eigenvalue weighted by molar-refractivity contribution is 0.0392. The summed E-state index contributed by atoms with van der Waals surface area (Å²) in [6.07, 6.45) is -1.01. The van der Waals surface area contributed by atoms with E-state index >= 15 is 0 Å². The van der Waals surface area contributed by atoms with Gasteiger partial charge in [0.2, 0.25) is 0 Å². The molecule has 7 nitrogen and oxygen atoms in total. The Morgan fingerprint density at radius 1 is 1.50 bits per heavy atom. The molecule has 3 rings (SSSR count). The van der Waals surface area contributed by atoms with Crippen LogP contribution in [0.1, 0.15) is 0 Å². The lowest BCUT2D eigenvalue weighted by atomic mass is 10.3. The maximum Gasteiger partial charge on any atom is 0.413 e. The van der Waals surface area contributed by atoms with E-state index in [0.717, 1.165) is 40.0 Å². The van der Waals surface area contributed by atoms with Gasteiger partial charge in [-0.1, -0.05) is 11.3 Å². The van der Waals surface area contributed by atoms with Crippen molar-refractivity contribution in [3.8, 4) is 5.40 Å². The Morgan fingerprint density at radius 3 is 3.00 bits per heavy atom. The average Bonchev–Trinajstić information content (AvgIpc) is 2.99. The summed E-state index contributed by atoms with van der Waals surface area (Å²) in [4.78, 5) is 20.4. The molecule has 1 aromatic heterocycles. The molecule has 1 amide bonds. The molecular formula is C15H16N4O3S2. The van der Waals surface area contributed by atoms with Gasteiger partial charge in [-0.2, -0.15) is 5.26 Å². The third-order valence-corrected chi connectivity index (χ3v) is 5.34. The number of benzene rings is 1. The van der Waals surface area contributed by atoms with E-state index in [-0.39, 0.29) is 0 Å². The molecule has 1 aromatic carbocycles. The number of ether oxygens (including phenoxy) is 1. The van der Waals surface area contributed by atoms with Gasteiger partial charge in [-0.15, -0.1) is 0 Å². The molecule has 0 saturated carbocycles. The Morgan fingerprint density at radius 2 is 2.29 bits per heavy atom. The number of nitriles is 1. The Hall–Kier alpha value is -1.86. The molecule has 1 saturated heterocycles. The van der Waals surface area contributed by atoms with E-state index in [1.54, 1.807) is 0 Å². The van der Waals surface area contributed by atoms with Gasteiger partial charge in [-0.25, -0.2) is 9.78 Å². The number of rotatable bonds is 5. The third kappa shape index (κ3) is 3.96. The number of morpholine rings is 1. The molecule has 0 aliphatic carbocycles. The summed E-state index contributed by atoms with van der Waals surface area (Å²) in [7, 11) is 0. The maximum atomic E-state index is 11.6. The predicted octanol–water partition coefficient (Wildman–Crippen LogP) is 2.69. The van der Waals surface area contributed by atoms with Crippen LogP contribution in [-0.4, -0.2) is 60.5 Å². The minimum atomic E-state index is -1.01. The van der Waals surface area contributed by atoms with Crippen LogP contribution in [-0.2, 0) is 4.74 Å². The van der Waals surface area contributed by atoms with Crippen LogP contribution in [0.4, 0.5) is 9.93 Å². The molecule has 126 valence electrons. The topological polar surface area (TPSA) is 89.7 Å². The number of amides is 1. The first-order valence-electron chi connectivity index (χ1n) is 7.44. The fourth-order valence-corrected chi connectivity index (χ4v) is 3.98. The summed E-state index contributed by atoms with van der Waals surface area (Å²) in [6, 6.07) is 5.50. The zero-order valence-corrected chi connectivity index (χ0v) is 14.5. The lowest BCUT2D eigenvalue weighted by Gasteiger charge is -2.28. The van der Waals surface area contributed by atoms with E-state index in [2.05, 4.69) is 9.88 Å². The second kappa shape index (κ2) is 7.81. The zero-order valence-electron chi connectivity index (χ0n) is 12.8. The van der Waals surface area contributed by atoms with Gasteiger partial charge in [-0.3, -0.25) is 9.80 Å². The molecule has 0 radical (unpaired) electrons. The number of thioether (sulfide) groups is 1. The van der Waals surface area contributed by atoms with Crippen LogP contribution >= 0.6 is 23.1 Å². The normalized spacial score (nSPS) is 15.3. The number of carboxylic acid groups (broad SMARTS) is 1. The fourth-order valence-electron chi connectivity index (χ4n) is 2.46. The summed E-state index contributed by atoms with van der Waals surface area (Å²) in [5.74, 6) is 0. The standard InChI is InChI=1S/C15H16N4O3S2/c16-10-23-11-1-2-12-13(9-11)24-14(17-12)19(15(20)21)4-3-18-5-7-22-8-6-18/h1-2,9H,3-8H2,(H,20,21). The second-order valence-electron chi connectivity index (χ2n) is 5.21. The molecule has 0 unspecified atom stereocenters. The van der Waals surface area contributed by atoms with Crippen LogP contribution in [0.2, 0.25) is 0 Å². The molecule has 1 N–H and O–H groups in total. The fraction of sp³-hybridized carbons (Fsp3) is 0.400. The molecule has 1 fully saturated rings. The minimum Gasteiger partial charge on any atom is -0.465 e. The number of hydrogen-bond donors (Lipinski definition) is 1. The van der Waals surface area contributed by atoms with Crippen molar-refractivity contribution >= 4 is 44.5 Å². The number of carbonyl (C=O) groups is 1. The van der Waals surface area contributed by atoms with Crippen LogP contribution in [0.3, 0.4) is 0 Å². The molecular weight excluding hydrogens is 348 g/mol. The summed E-state index contributed by atoms with van der Waals surface area (Å²) in [5.41, 5.74) is 0.745. The van der Waals surface area contributed by atoms with Crippen molar-refractivity contribution in [1.29, 1.82) is 5.26 Å². The van der Waals surface area contributed by atoms with E-state index in [4.69, 9.17) is 10.00 Å². The first kappa shape index (κ1) is 17.0. The lowest BCUT2D eigenvalue weighted by Crippen LogP contribution is -2.42. The summed E-state index contributed by atoms with van der Waals surface area (Å²) in [5, 5.41) is 20.8. The smallest absolute Gasteiger partial charge is 0.413 e. The van der Waals surface area contributed by atoms with Crippen molar-refractivity contribution in [2.75, 3.05) is 44.3 Å². The van der Waals surface area contributed by atoms with Crippen LogP contribution in [0.25, 0.3) is 10.2 Å². The van der Waals surface area contributed by atoms with E-state index in [0.29, 0.717) is 31.4 Å². The van der Waals surface area contributed by atoms with Crippen molar-refractivity contribution in [1.82, 2.24) is 9.88 Å². The summed E-state index contributed by atoms with van der Waals surface area (Å²) >= 11 is 2.41. The van der Waals surface area contributed by atoms with Crippen LogP contribution < -0.4 is 4.90 Å². The SMILES string of the molecule is N#CSc1ccc2nc(N(CCN3CCOCC3)C(=O)O)sc2c1. The molecule has 9 heteroatoms. The molecule has 24 heavy (non-hydrogen) atoms. The molecule has 0 atom stereocenters. The number of hydrogen-bond acceptors (Lipinski definition) is 7. The Balaban J connectivity index is 1.76. The van der Waals surface area contributed by atoms with Crippen LogP contribution in [0, 0.1) is 10.7 Å². The van der Waals surface area contributed by atoms with Crippen molar-refractivity contribution < 1.29 is 14.6 Å². The van der Waals surface area contributed by atoms with Gasteiger partial charge in [0.15, 0.2) is 5.13 Å². The highest BCUT2D eigenvalue weighted by molar-refractivity contribution is 8.03. The second-order valence-corrected chi connectivity index (χ2v) is 7.07. The quantitative estimate of drug-likeness (QED) is 0.644. The van der Waals surface area contributed by atoms with Crippen molar-refractivity contribution in [2.24, 2.45) is 0 Å². The van der Waals surface area contributed by atoms with Crippen molar-refractivity contribution in [3.63, 3.8) is 0 Å². The van der Waals surface area contributed by atoms with E-state index < -0.39 is 6.09 Å². The molecule has 2 heterocycles. The van der Waals surface area contributed by atoms with E-state index in [9.17, 15) is 9.90 Å². The molecule has 1 aliphatic heterocycles. The van der Waals surface area contributed by atoms with Gasteiger partial charge in [0.05, 0.1) is 23.4 Å². The van der Waals surface area contributed by atoms with Crippen LogP contribution in [0.15, 0.2) is 23.1 Å². The average molecular weight is 364 g/mol. The Bertz CT molecular complexity index is 768. The maximum absolute atomic E-state index is 11.6. The number of anilines is 1. The van der Waals surface area contributed by atoms with Crippen LogP contribution in [0.5, 0.6) is 0 Å². The third-order valence-electron chi connectivity index (χ3n) is 3.72. The van der Waals surface area contributed by atoms with E-state index in [1.165, 1.54) is 16.2 Å². The molecule has 2 aromatic rings. The van der Waals surface area contributed by atoms with Gasteiger partial charge in [0.1, 0.15) is 5.40 Å². The van der Waals surface area contributed by atoms with Gasteiger partial charge in [-0.05, 0) is 30.0 Å². The Labute approximate surface area is 147 Å². The summed E-state index contributed by atoms with van der Waals surface area (Å²) < 4.78 is 6.18. The van der Waals surface area contributed by atoms with E-state index in [1.807, 2.05) is 23.6 Å². The highest BCUT2D eigenvalue weighted by Gasteiger charge is 2.20. The molecule has 0 spiro atoms. The Kier molecular flexibility index (Phi) is 5.52. The highest BCUT2D eigenvalue weighted by atomic mass is 32.2. The van der Waals surface area contributed by atoms with Gasteiger partial charge in [0, 0.05) is 31.1 Å². The highest BCUT2D eigenvalue weighted by Crippen LogP contribution is 2.32. The largest absolute Gasteiger partial charge is 0.465 e. The predicted molar refractivity (Wildman–Crippen MR) is 93.7 cm³/mol. The van der Waals surface area contributed by atoms with Crippen molar-refractivity contribution in [2.45, 2.75) is 4.90 Å². The molecule has 1 aliphatic rings. The van der Waals surface area contributed by atoms with Gasteiger partial charge >= 0.3 is 6.09 Å². The van der Waals surface area contributed by atoms with Gasteiger partial charge < -0.3 is 9.84 Å². The van der Waals surface area contributed by atoms with Crippen molar-refractivity contribution in [3.05, 3.63) is 18.2 Å². The van der Waals surface area contributed by atoms with Gasteiger partial charge in [0.25, 0.3) is 0 Å².